The quantitative estimate of drug-likeness (QED) is 0.649. The van der Waals surface area contributed by atoms with Gasteiger partial charge in [-0.05, 0) is 6.92 Å². The van der Waals surface area contributed by atoms with E-state index in [1.54, 1.807) is 0 Å². The molecule has 0 spiro atoms. The molecule has 13 heavy (non-hydrogen) atoms. The Kier molecular flexibility index (Phi) is 4.66. The lowest BCUT2D eigenvalue weighted by Gasteiger charge is -2.01. The maximum absolute atomic E-state index is 8.42. The Morgan fingerprint density at radius 3 is 3.00 bits per heavy atom. The van der Waals surface area contributed by atoms with Gasteiger partial charge in [0.2, 0.25) is 5.13 Å². The topological polar surface area (TPSA) is 67.3 Å². The number of nitrogens with one attached hydrogen (secondary N) is 1. The van der Waals surface area contributed by atoms with Crippen LogP contribution in [0.25, 0.3) is 0 Å². The first-order valence-corrected chi connectivity index (χ1v) is 4.83. The van der Waals surface area contributed by atoms with Gasteiger partial charge in [0.1, 0.15) is 5.82 Å². The highest BCUT2D eigenvalue weighted by Gasteiger charge is 1.97. The molecule has 0 aliphatic heterocycles. The molecule has 2 N–H and O–H groups in total. The fraction of sp³-hybridized carbons (Fsp3) is 0.714. The van der Waals surface area contributed by atoms with Gasteiger partial charge in [-0.2, -0.15) is 4.37 Å². The Morgan fingerprint density at radius 1 is 1.54 bits per heavy atom. The van der Waals surface area contributed by atoms with Gasteiger partial charge in [0, 0.05) is 18.1 Å². The smallest absolute Gasteiger partial charge is 0.202 e. The van der Waals surface area contributed by atoms with E-state index in [4.69, 9.17) is 9.84 Å². The standard InChI is InChI=1S/C7H13N3O2S/c1-6-9-7(13-10-6)8-2-4-12-5-3-11/h11H,2-5H2,1H3,(H,8,9,10). The van der Waals surface area contributed by atoms with Gasteiger partial charge >= 0.3 is 0 Å². The maximum Gasteiger partial charge on any atom is 0.202 e. The van der Waals surface area contributed by atoms with Crippen molar-refractivity contribution in [1.29, 1.82) is 0 Å². The summed E-state index contributed by atoms with van der Waals surface area (Å²) >= 11 is 1.34. The van der Waals surface area contributed by atoms with Gasteiger partial charge in [0.15, 0.2) is 0 Å². The first-order valence-electron chi connectivity index (χ1n) is 4.05. The molecule has 6 heteroatoms. The van der Waals surface area contributed by atoms with Gasteiger partial charge in [0.25, 0.3) is 0 Å². The number of hydrogen-bond acceptors (Lipinski definition) is 6. The van der Waals surface area contributed by atoms with E-state index in [9.17, 15) is 0 Å². The van der Waals surface area contributed by atoms with E-state index in [1.165, 1.54) is 11.5 Å². The van der Waals surface area contributed by atoms with Crippen LogP contribution >= 0.6 is 11.5 Å². The SMILES string of the molecule is Cc1nsc(NCCOCCO)n1. The fourth-order valence-corrected chi connectivity index (χ4v) is 1.36. The Labute approximate surface area is 80.9 Å². The van der Waals surface area contributed by atoms with Gasteiger partial charge < -0.3 is 15.2 Å². The van der Waals surface area contributed by atoms with Crippen molar-refractivity contribution in [2.24, 2.45) is 0 Å². The van der Waals surface area contributed by atoms with E-state index < -0.39 is 0 Å². The number of aliphatic hydroxyl groups excluding tert-OH is 1. The predicted octanol–water partition coefficient (Wildman–Crippen LogP) is 0.267. The molecule has 1 rings (SSSR count). The monoisotopic (exact) mass is 203 g/mol. The van der Waals surface area contributed by atoms with E-state index in [0.717, 1.165) is 11.0 Å². The molecule has 1 aromatic heterocycles. The average Bonchev–Trinajstić information content (AvgIpc) is 2.51. The van der Waals surface area contributed by atoms with Crippen molar-refractivity contribution in [2.75, 3.05) is 31.7 Å². The third-order valence-electron chi connectivity index (χ3n) is 1.29. The molecule has 0 aromatic carbocycles. The highest BCUT2D eigenvalue weighted by Crippen LogP contribution is 2.08. The van der Waals surface area contributed by atoms with Crippen LogP contribution in [-0.4, -0.2) is 40.8 Å². The molecular formula is C7H13N3O2S. The molecule has 0 atom stereocenters. The Bertz CT molecular complexity index is 241. The van der Waals surface area contributed by atoms with Gasteiger partial charge in [-0.3, -0.25) is 0 Å². The van der Waals surface area contributed by atoms with Gasteiger partial charge in [-0.25, -0.2) is 4.98 Å². The Morgan fingerprint density at radius 2 is 2.38 bits per heavy atom. The van der Waals surface area contributed by atoms with Gasteiger partial charge in [0.05, 0.1) is 19.8 Å². The second kappa shape index (κ2) is 5.85. The molecule has 0 amide bonds. The van der Waals surface area contributed by atoms with E-state index in [0.29, 0.717) is 19.8 Å². The van der Waals surface area contributed by atoms with Crippen LogP contribution in [0, 0.1) is 6.92 Å². The summed E-state index contributed by atoms with van der Waals surface area (Å²) in [5, 5.41) is 12.3. The number of ether oxygens (including phenoxy) is 1. The number of hydrogen-bond donors (Lipinski definition) is 2. The minimum atomic E-state index is 0.0674. The van der Waals surface area contributed by atoms with Crippen LogP contribution in [0.4, 0.5) is 5.13 Å². The molecule has 74 valence electrons. The molecule has 0 saturated carbocycles. The zero-order valence-corrected chi connectivity index (χ0v) is 8.30. The van der Waals surface area contributed by atoms with E-state index in [2.05, 4.69) is 14.7 Å². The lowest BCUT2D eigenvalue weighted by Crippen LogP contribution is -2.11. The third-order valence-corrected chi connectivity index (χ3v) is 2.05. The predicted molar refractivity (Wildman–Crippen MR) is 51.0 cm³/mol. The Hall–Kier alpha value is -0.720. The number of aryl methyl sites for hydroxylation is 1. The summed E-state index contributed by atoms with van der Waals surface area (Å²) < 4.78 is 9.07. The summed E-state index contributed by atoms with van der Waals surface area (Å²) in [6.45, 7) is 3.56. The summed E-state index contributed by atoms with van der Waals surface area (Å²) in [7, 11) is 0. The Balaban J connectivity index is 2.06. The average molecular weight is 203 g/mol. The molecule has 0 unspecified atom stereocenters. The minimum Gasteiger partial charge on any atom is -0.394 e. The largest absolute Gasteiger partial charge is 0.394 e. The molecule has 0 radical (unpaired) electrons. The summed E-state index contributed by atoms with van der Waals surface area (Å²) in [5.41, 5.74) is 0. The second-order valence-electron chi connectivity index (χ2n) is 2.41. The first-order chi connectivity index (χ1) is 6.33. The molecule has 0 aliphatic carbocycles. The lowest BCUT2D eigenvalue weighted by molar-refractivity contribution is 0.0992. The summed E-state index contributed by atoms with van der Waals surface area (Å²) in [6.07, 6.45) is 0. The molecule has 0 saturated heterocycles. The summed E-state index contributed by atoms with van der Waals surface area (Å²) in [4.78, 5) is 4.12. The molecule has 1 heterocycles. The van der Waals surface area contributed by atoms with Crippen molar-refractivity contribution >= 4 is 16.7 Å². The number of rotatable bonds is 6. The zero-order chi connectivity index (χ0) is 9.52. The highest BCUT2D eigenvalue weighted by molar-refractivity contribution is 7.09. The van der Waals surface area contributed by atoms with Crippen molar-refractivity contribution in [3.8, 4) is 0 Å². The molecule has 0 aliphatic rings. The van der Waals surface area contributed by atoms with Crippen molar-refractivity contribution in [1.82, 2.24) is 9.36 Å². The normalized spacial score (nSPS) is 10.3. The van der Waals surface area contributed by atoms with E-state index >= 15 is 0 Å². The first kappa shape index (κ1) is 10.4. The van der Waals surface area contributed by atoms with Crippen molar-refractivity contribution in [3.63, 3.8) is 0 Å². The van der Waals surface area contributed by atoms with E-state index in [-0.39, 0.29) is 6.61 Å². The van der Waals surface area contributed by atoms with Crippen LogP contribution in [0.3, 0.4) is 0 Å². The molecule has 0 bridgehead atoms. The lowest BCUT2D eigenvalue weighted by atomic mass is 10.6. The maximum atomic E-state index is 8.42. The summed E-state index contributed by atoms with van der Waals surface area (Å²) in [6, 6.07) is 0. The van der Waals surface area contributed by atoms with Gasteiger partial charge in [-0.1, -0.05) is 0 Å². The molecule has 0 fully saturated rings. The van der Waals surface area contributed by atoms with Crippen LogP contribution in [0.2, 0.25) is 0 Å². The van der Waals surface area contributed by atoms with Gasteiger partial charge in [-0.15, -0.1) is 0 Å². The van der Waals surface area contributed by atoms with Crippen molar-refractivity contribution in [3.05, 3.63) is 5.82 Å². The van der Waals surface area contributed by atoms with E-state index in [1.807, 2.05) is 6.92 Å². The van der Waals surface area contributed by atoms with Crippen LogP contribution < -0.4 is 5.32 Å². The number of anilines is 1. The van der Waals surface area contributed by atoms with Crippen LogP contribution in [-0.2, 0) is 4.74 Å². The van der Waals surface area contributed by atoms with Crippen LogP contribution in [0.15, 0.2) is 0 Å². The number of aromatic nitrogens is 2. The molecular weight excluding hydrogens is 190 g/mol. The molecule has 1 aromatic rings. The third kappa shape index (κ3) is 4.16. The highest BCUT2D eigenvalue weighted by atomic mass is 32.1. The van der Waals surface area contributed by atoms with Crippen LogP contribution in [0.1, 0.15) is 5.82 Å². The molecule has 5 nitrogen and oxygen atoms in total. The number of nitrogens with zero attached hydrogens (tertiary/aromatic N) is 2. The van der Waals surface area contributed by atoms with Crippen molar-refractivity contribution in [2.45, 2.75) is 6.92 Å². The zero-order valence-electron chi connectivity index (χ0n) is 7.49. The summed E-state index contributed by atoms with van der Waals surface area (Å²) in [5.74, 6) is 0.781. The van der Waals surface area contributed by atoms with Crippen LogP contribution in [0.5, 0.6) is 0 Å². The second-order valence-corrected chi connectivity index (χ2v) is 3.16. The minimum absolute atomic E-state index is 0.0674. The fourth-order valence-electron chi connectivity index (χ4n) is 0.766. The number of aliphatic hydroxyl groups is 1. The van der Waals surface area contributed by atoms with Crippen molar-refractivity contribution < 1.29 is 9.84 Å².